The summed E-state index contributed by atoms with van der Waals surface area (Å²) in [6, 6.07) is 23.3. The number of hydroxylamine groups is 1. The van der Waals surface area contributed by atoms with E-state index in [1.165, 1.54) is 4.90 Å². The number of fused-ring (bicyclic) bond motifs is 1. The van der Waals surface area contributed by atoms with Crippen LogP contribution < -0.4 is 9.96 Å². The van der Waals surface area contributed by atoms with Crippen molar-refractivity contribution in [1.82, 2.24) is 0 Å². The summed E-state index contributed by atoms with van der Waals surface area (Å²) in [5.41, 5.74) is 2.03. The minimum absolute atomic E-state index is 0.296. The van der Waals surface area contributed by atoms with Crippen molar-refractivity contribution in [2.24, 2.45) is 5.92 Å². The van der Waals surface area contributed by atoms with E-state index in [2.05, 4.69) is 15.9 Å². The van der Waals surface area contributed by atoms with Gasteiger partial charge in [0.2, 0.25) is 5.91 Å². The molecule has 3 unspecified atom stereocenters. The molecule has 2 amide bonds. The van der Waals surface area contributed by atoms with Crippen molar-refractivity contribution in [1.29, 1.82) is 0 Å². The van der Waals surface area contributed by atoms with E-state index < -0.39 is 18.1 Å². The molecule has 30 heavy (non-hydrogen) atoms. The number of para-hydroxylation sites is 1. The SMILES string of the molecule is O=C1C2ON(c3ccccc3)C(c3ccccc3Cl)C2C(=O)N1c1ccc(Br)cc1. The molecule has 3 aromatic rings. The highest BCUT2D eigenvalue weighted by atomic mass is 79.9. The molecule has 2 aliphatic heterocycles. The maximum absolute atomic E-state index is 13.5. The van der Waals surface area contributed by atoms with Crippen LogP contribution in [0.25, 0.3) is 0 Å². The fourth-order valence-corrected chi connectivity index (χ4v) is 4.60. The summed E-state index contributed by atoms with van der Waals surface area (Å²) in [7, 11) is 0. The molecule has 3 aromatic carbocycles. The highest BCUT2D eigenvalue weighted by Crippen LogP contribution is 2.48. The van der Waals surface area contributed by atoms with Gasteiger partial charge < -0.3 is 0 Å². The van der Waals surface area contributed by atoms with Gasteiger partial charge in [0, 0.05) is 9.50 Å². The second-order valence-electron chi connectivity index (χ2n) is 7.17. The van der Waals surface area contributed by atoms with Crippen molar-refractivity contribution in [3.05, 3.63) is 93.9 Å². The normalized spacial score (nSPS) is 23.2. The Bertz CT molecular complexity index is 1120. The van der Waals surface area contributed by atoms with E-state index in [9.17, 15) is 9.59 Å². The fraction of sp³-hybridized carbons (Fsp3) is 0.130. The van der Waals surface area contributed by atoms with Gasteiger partial charge in [-0.2, -0.15) is 0 Å². The smallest absolute Gasteiger partial charge is 0.266 e. The summed E-state index contributed by atoms with van der Waals surface area (Å²) in [6.07, 6.45) is -0.914. The van der Waals surface area contributed by atoms with Gasteiger partial charge in [-0.15, -0.1) is 0 Å². The van der Waals surface area contributed by atoms with Crippen LogP contribution in [0.3, 0.4) is 0 Å². The molecule has 0 spiro atoms. The zero-order chi connectivity index (χ0) is 20.8. The predicted molar refractivity (Wildman–Crippen MR) is 118 cm³/mol. The van der Waals surface area contributed by atoms with Crippen molar-refractivity contribution in [3.8, 4) is 0 Å². The van der Waals surface area contributed by atoms with Gasteiger partial charge in [0.25, 0.3) is 5.91 Å². The summed E-state index contributed by atoms with van der Waals surface area (Å²) in [6.45, 7) is 0. The first kappa shape index (κ1) is 19.3. The Morgan fingerprint density at radius 3 is 2.17 bits per heavy atom. The second-order valence-corrected chi connectivity index (χ2v) is 8.49. The average molecular weight is 484 g/mol. The second kappa shape index (κ2) is 7.54. The first-order chi connectivity index (χ1) is 14.6. The molecule has 0 N–H and O–H groups in total. The Morgan fingerprint density at radius 1 is 0.800 bits per heavy atom. The standard InChI is InChI=1S/C23H16BrClN2O3/c24-14-10-12-15(13-11-14)26-22(28)19-20(17-8-4-5-9-18(17)25)27(30-21(19)23(26)29)16-6-2-1-3-7-16/h1-13,19-21H. The fourth-order valence-electron chi connectivity index (χ4n) is 4.09. The van der Waals surface area contributed by atoms with Gasteiger partial charge in [-0.1, -0.05) is 63.9 Å². The van der Waals surface area contributed by atoms with E-state index in [-0.39, 0.29) is 11.8 Å². The molecule has 3 atom stereocenters. The number of hydrogen-bond donors (Lipinski definition) is 0. The lowest BCUT2D eigenvalue weighted by Crippen LogP contribution is -2.37. The van der Waals surface area contributed by atoms with Crippen molar-refractivity contribution < 1.29 is 14.4 Å². The van der Waals surface area contributed by atoms with Crippen molar-refractivity contribution >= 4 is 50.7 Å². The zero-order valence-corrected chi connectivity index (χ0v) is 18.0. The maximum atomic E-state index is 13.5. The monoisotopic (exact) mass is 482 g/mol. The third kappa shape index (κ3) is 3.03. The number of amides is 2. The molecule has 0 aliphatic carbocycles. The molecule has 0 bridgehead atoms. The molecule has 2 heterocycles. The van der Waals surface area contributed by atoms with E-state index >= 15 is 0 Å². The van der Waals surface area contributed by atoms with Gasteiger partial charge in [-0.3, -0.25) is 14.4 Å². The third-order valence-corrected chi connectivity index (χ3v) is 6.31. The Hall–Kier alpha value is -2.67. The topological polar surface area (TPSA) is 49.9 Å². The lowest BCUT2D eigenvalue weighted by molar-refractivity contribution is -0.126. The van der Waals surface area contributed by atoms with Crippen LogP contribution in [0.15, 0.2) is 83.3 Å². The number of hydrogen-bond acceptors (Lipinski definition) is 4. The summed E-state index contributed by atoms with van der Waals surface area (Å²) in [5.74, 6) is -1.38. The Kier molecular flexibility index (Phi) is 4.85. The van der Waals surface area contributed by atoms with Crippen molar-refractivity contribution in [3.63, 3.8) is 0 Å². The lowest BCUT2D eigenvalue weighted by atomic mass is 9.90. The van der Waals surface area contributed by atoms with E-state index in [1.54, 1.807) is 35.4 Å². The van der Waals surface area contributed by atoms with Gasteiger partial charge in [-0.05, 0) is 48.0 Å². The van der Waals surface area contributed by atoms with E-state index in [0.717, 1.165) is 15.7 Å². The number of rotatable bonds is 3. The number of benzene rings is 3. The highest BCUT2D eigenvalue weighted by molar-refractivity contribution is 9.10. The summed E-state index contributed by atoms with van der Waals surface area (Å²) >= 11 is 9.89. The van der Waals surface area contributed by atoms with Crippen LogP contribution in [0.5, 0.6) is 0 Å². The first-order valence-corrected chi connectivity index (χ1v) is 10.6. The van der Waals surface area contributed by atoms with Gasteiger partial charge in [0.15, 0.2) is 6.10 Å². The molecule has 2 aliphatic rings. The van der Waals surface area contributed by atoms with Crippen molar-refractivity contribution in [2.75, 3.05) is 9.96 Å². The van der Waals surface area contributed by atoms with E-state index in [0.29, 0.717) is 10.7 Å². The van der Waals surface area contributed by atoms with E-state index in [4.69, 9.17) is 16.4 Å². The minimum atomic E-state index is -0.914. The van der Waals surface area contributed by atoms with Gasteiger partial charge in [-0.25, -0.2) is 9.96 Å². The molecule has 2 saturated heterocycles. The lowest BCUT2D eigenvalue weighted by Gasteiger charge is -2.29. The number of halogens is 2. The van der Waals surface area contributed by atoms with Crippen LogP contribution in [0.1, 0.15) is 11.6 Å². The number of imide groups is 1. The van der Waals surface area contributed by atoms with Gasteiger partial charge >= 0.3 is 0 Å². The minimum Gasteiger partial charge on any atom is -0.273 e. The number of carbonyl (C=O) groups excluding carboxylic acids is 2. The summed E-state index contributed by atoms with van der Waals surface area (Å²) in [5, 5.41) is 2.17. The molecule has 150 valence electrons. The van der Waals surface area contributed by atoms with Crippen LogP contribution in [-0.2, 0) is 14.4 Å². The van der Waals surface area contributed by atoms with Crippen LogP contribution in [-0.4, -0.2) is 17.9 Å². The van der Waals surface area contributed by atoms with Gasteiger partial charge in [0.05, 0.1) is 17.4 Å². The zero-order valence-electron chi connectivity index (χ0n) is 15.6. The first-order valence-electron chi connectivity index (χ1n) is 9.45. The average Bonchev–Trinajstić information content (AvgIpc) is 3.26. The van der Waals surface area contributed by atoms with Crippen LogP contribution in [0, 0.1) is 5.92 Å². The van der Waals surface area contributed by atoms with E-state index in [1.807, 2.05) is 48.5 Å². The molecule has 0 saturated carbocycles. The molecule has 5 rings (SSSR count). The summed E-state index contributed by atoms with van der Waals surface area (Å²) < 4.78 is 0.867. The number of nitrogens with zero attached hydrogens (tertiary/aromatic N) is 2. The quantitative estimate of drug-likeness (QED) is 0.483. The molecule has 2 fully saturated rings. The van der Waals surface area contributed by atoms with Crippen LogP contribution in [0.4, 0.5) is 11.4 Å². The Balaban J connectivity index is 1.60. The van der Waals surface area contributed by atoms with Crippen molar-refractivity contribution in [2.45, 2.75) is 12.1 Å². The molecule has 0 aromatic heterocycles. The molecular weight excluding hydrogens is 468 g/mol. The highest BCUT2D eigenvalue weighted by Gasteiger charge is 2.60. The Labute approximate surface area is 186 Å². The number of carbonyl (C=O) groups is 2. The molecule has 0 radical (unpaired) electrons. The van der Waals surface area contributed by atoms with Gasteiger partial charge in [0.1, 0.15) is 5.92 Å². The molecule has 7 heteroatoms. The molecular formula is C23H16BrClN2O3. The maximum Gasteiger partial charge on any atom is 0.266 e. The largest absolute Gasteiger partial charge is 0.273 e. The third-order valence-electron chi connectivity index (χ3n) is 5.43. The Morgan fingerprint density at radius 2 is 1.47 bits per heavy atom. The molecule has 5 nitrogen and oxygen atoms in total. The summed E-state index contributed by atoms with van der Waals surface area (Å²) in [4.78, 5) is 34.0. The number of anilines is 2. The van der Waals surface area contributed by atoms with Crippen LogP contribution >= 0.6 is 27.5 Å². The van der Waals surface area contributed by atoms with Crippen LogP contribution in [0.2, 0.25) is 5.02 Å². The predicted octanol–water partition coefficient (Wildman–Crippen LogP) is 5.15.